The van der Waals surface area contributed by atoms with Crippen LogP contribution in [0.15, 0.2) is 18.2 Å². The number of carbonyl (C=O) groups is 2. The van der Waals surface area contributed by atoms with Gasteiger partial charge in [-0.2, -0.15) is 0 Å². The molecule has 1 N–H and O–H groups in total. The van der Waals surface area contributed by atoms with Crippen molar-refractivity contribution in [1.29, 1.82) is 0 Å². The second kappa shape index (κ2) is 7.87. The first kappa shape index (κ1) is 21.2. The molecule has 1 aliphatic heterocycles. The maximum Gasteiger partial charge on any atom is 0.411 e. The number of hydrogen-bond donors (Lipinski definition) is 1. The zero-order valence-electron chi connectivity index (χ0n) is 15.6. The van der Waals surface area contributed by atoms with Crippen LogP contribution in [0.3, 0.4) is 0 Å². The highest BCUT2D eigenvalue weighted by Gasteiger charge is 2.49. The molecule has 1 atom stereocenters. The van der Waals surface area contributed by atoms with Gasteiger partial charge in [-0.3, -0.25) is 9.69 Å². The molecule has 0 radical (unpaired) electrons. The number of hydrogen-bond acceptors (Lipinski definition) is 4. The Morgan fingerprint density at radius 2 is 1.88 bits per heavy atom. The molecule has 0 bridgehead atoms. The molecular weight excluding hydrogens is 395 g/mol. The predicted octanol–water partition coefficient (Wildman–Crippen LogP) is 4.70. The summed E-state index contributed by atoms with van der Waals surface area (Å²) in [5.74, 6) is 0.134. The molecule has 2 rings (SSSR count). The second-order valence-electron chi connectivity index (χ2n) is 7.65. The number of halogens is 2. The molecule has 5 nitrogen and oxygen atoms in total. The van der Waals surface area contributed by atoms with E-state index < -0.39 is 22.5 Å². The normalized spacial score (nSPS) is 19.3. The van der Waals surface area contributed by atoms with Crippen LogP contribution in [0.4, 0.5) is 4.79 Å². The summed E-state index contributed by atoms with van der Waals surface area (Å²) in [6.45, 7) is 9.47. The van der Waals surface area contributed by atoms with E-state index in [1.54, 1.807) is 39.0 Å². The van der Waals surface area contributed by atoms with Crippen molar-refractivity contribution in [3.05, 3.63) is 33.8 Å². The van der Waals surface area contributed by atoms with Gasteiger partial charge >= 0.3 is 6.09 Å². The zero-order valence-corrected chi connectivity index (χ0v) is 17.9. The molecule has 0 aromatic heterocycles. The van der Waals surface area contributed by atoms with Gasteiger partial charge in [0.15, 0.2) is 0 Å². The summed E-state index contributed by atoms with van der Waals surface area (Å²) in [5.41, 5.74) is 0.0251. The lowest BCUT2D eigenvalue weighted by Gasteiger charge is -2.31. The first-order valence-electron chi connectivity index (χ1n) is 8.26. The largest absolute Gasteiger partial charge is 0.444 e. The molecule has 0 unspecified atom stereocenters. The third-order valence-corrected chi connectivity index (χ3v) is 6.01. The number of nitrogens with one attached hydrogen (secondary N) is 1. The number of carbonyl (C=O) groups excluding carboxylic acids is 2. The fraction of sp³-hybridized carbons (Fsp3) is 0.556. The van der Waals surface area contributed by atoms with Gasteiger partial charge in [0.25, 0.3) is 0 Å². The summed E-state index contributed by atoms with van der Waals surface area (Å²) in [6, 6.07) is 4.54. The Hall–Kier alpha value is -1.11. The average Bonchev–Trinajstić information content (AvgIpc) is 2.80. The Balaban J connectivity index is 2.14. The monoisotopic (exact) mass is 418 g/mol. The standard InChI is InChI=1S/C18H24Cl2N2O3S/c1-17(2,3)25-16(24)22-10-26-18(4,5)14(22)15(23)21-9-11-12(19)7-6-8-13(11)20/h6-8,14H,9-10H2,1-5H3,(H,21,23)/t14-/m1/s1. The highest BCUT2D eigenvalue weighted by Crippen LogP contribution is 2.40. The Bertz CT molecular complexity index is 684. The van der Waals surface area contributed by atoms with E-state index in [0.717, 1.165) is 0 Å². The number of rotatable bonds is 3. The summed E-state index contributed by atoms with van der Waals surface area (Å²) in [4.78, 5) is 26.9. The molecule has 8 heteroatoms. The summed E-state index contributed by atoms with van der Waals surface area (Å²) in [5, 5.41) is 3.83. The molecule has 2 amide bonds. The SMILES string of the molecule is CC(C)(C)OC(=O)N1CSC(C)(C)[C@H]1C(=O)NCc1c(Cl)cccc1Cl. The lowest BCUT2D eigenvalue weighted by Crippen LogP contribution is -2.54. The minimum absolute atomic E-state index is 0.191. The number of ether oxygens (including phenoxy) is 1. The highest BCUT2D eigenvalue weighted by molar-refractivity contribution is 8.00. The van der Waals surface area contributed by atoms with Gasteiger partial charge in [-0.05, 0) is 46.8 Å². The Labute approximate surface area is 168 Å². The van der Waals surface area contributed by atoms with Gasteiger partial charge in [-0.25, -0.2) is 4.79 Å². The Morgan fingerprint density at radius 1 is 1.31 bits per heavy atom. The summed E-state index contributed by atoms with van der Waals surface area (Å²) < 4.78 is 5.01. The Morgan fingerprint density at radius 3 is 2.42 bits per heavy atom. The smallest absolute Gasteiger partial charge is 0.411 e. The molecule has 0 saturated carbocycles. The van der Waals surface area contributed by atoms with Gasteiger partial charge in [-0.15, -0.1) is 11.8 Å². The van der Waals surface area contributed by atoms with Crippen LogP contribution < -0.4 is 5.32 Å². The van der Waals surface area contributed by atoms with Crippen molar-refractivity contribution in [2.75, 3.05) is 5.88 Å². The molecule has 1 saturated heterocycles. The molecule has 1 fully saturated rings. The van der Waals surface area contributed by atoms with Crippen LogP contribution in [0.5, 0.6) is 0 Å². The van der Waals surface area contributed by atoms with Crippen LogP contribution in [0, 0.1) is 0 Å². The van der Waals surface area contributed by atoms with Gasteiger partial charge in [0, 0.05) is 26.9 Å². The Kier molecular flexibility index (Phi) is 6.41. The average molecular weight is 419 g/mol. The maximum absolute atomic E-state index is 12.9. The van der Waals surface area contributed by atoms with E-state index in [4.69, 9.17) is 27.9 Å². The van der Waals surface area contributed by atoms with Gasteiger partial charge in [0.2, 0.25) is 5.91 Å². The van der Waals surface area contributed by atoms with Crippen molar-refractivity contribution < 1.29 is 14.3 Å². The minimum Gasteiger partial charge on any atom is -0.444 e. The van der Waals surface area contributed by atoms with Crippen molar-refractivity contribution >= 4 is 47.0 Å². The van der Waals surface area contributed by atoms with Crippen molar-refractivity contribution in [3.8, 4) is 0 Å². The van der Waals surface area contributed by atoms with Crippen molar-refractivity contribution in [3.63, 3.8) is 0 Å². The van der Waals surface area contributed by atoms with Crippen LogP contribution >= 0.6 is 35.0 Å². The van der Waals surface area contributed by atoms with Crippen molar-refractivity contribution in [1.82, 2.24) is 10.2 Å². The summed E-state index contributed by atoms with van der Waals surface area (Å²) >= 11 is 13.9. The first-order chi connectivity index (χ1) is 11.9. The van der Waals surface area contributed by atoms with Crippen LogP contribution in [0.2, 0.25) is 10.0 Å². The van der Waals surface area contributed by atoms with Crippen LogP contribution in [-0.4, -0.2) is 39.2 Å². The van der Waals surface area contributed by atoms with Crippen molar-refractivity contribution in [2.45, 2.75) is 57.6 Å². The van der Waals surface area contributed by atoms with E-state index >= 15 is 0 Å². The molecule has 0 aliphatic carbocycles. The fourth-order valence-corrected chi connectivity index (χ4v) is 4.32. The highest BCUT2D eigenvalue weighted by atomic mass is 35.5. The summed E-state index contributed by atoms with van der Waals surface area (Å²) in [6.07, 6.45) is -0.494. The fourth-order valence-electron chi connectivity index (χ4n) is 2.67. The van der Waals surface area contributed by atoms with Crippen LogP contribution in [0.1, 0.15) is 40.2 Å². The molecule has 26 heavy (non-hydrogen) atoms. The van der Waals surface area contributed by atoms with E-state index in [-0.39, 0.29) is 12.5 Å². The molecule has 1 heterocycles. The van der Waals surface area contributed by atoms with E-state index in [2.05, 4.69) is 5.32 Å². The van der Waals surface area contributed by atoms with E-state index in [0.29, 0.717) is 21.5 Å². The van der Waals surface area contributed by atoms with E-state index in [1.807, 2.05) is 13.8 Å². The topological polar surface area (TPSA) is 58.6 Å². The zero-order chi connectivity index (χ0) is 19.7. The van der Waals surface area contributed by atoms with Gasteiger partial charge < -0.3 is 10.1 Å². The van der Waals surface area contributed by atoms with Gasteiger partial charge in [-0.1, -0.05) is 29.3 Å². The lowest BCUT2D eigenvalue weighted by molar-refractivity contribution is -0.126. The predicted molar refractivity (Wildman–Crippen MR) is 107 cm³/mol. The van der Waals surface area contributed by atoms with Crippen molar-refractivity contribution in [2.24, 2.45) is 0 Å². The van der Waals surface area contributed by atoms with E-state index in [9.17, 15) is 9.59 Å². The summed E-state index contributed by atoms with van der Waals surface area (Å²) in [7, 11) is 0. The number of benzene rings is 1. The third kappa shape index (κ3) is 4.99. The van der Waals surface area contributed by atoms with Gasteiger partial charge in [0.1, 0.15) is 11.6 Å². The molecule has 1 aromatic rings. The second-order valence-corrected chi connectivity index (χ2v) is 10.1. The molecule has 1 aliphatic rings. The lowest BCUT2D eigenvalue weighted by atomic mass is 10.0. The number of nitrogens with zero attached hydrogens (tertiary/aromatic N) is 1. The number of amides is 2. The molecular formula is C18H24Cl2N2O3S. The molecule has 0 spiro atoms. The van der Waals surface area contributed by atoms with E-state index in [1.165, 1.54) is 16.7 Å². The van der Waals surface area contributed by atoms with Crippen LogP contribution in [-0.2, 0) is 16.1 Å². The number of thioether (sulfide) groups is 1. The molecule has 144 valence electrons. The van der Waals surface area contributed by atoms with Crippen LogP contribution in [0.25, 0.3) is 0 Å². The third-order valence-electron chi connectivity index (χ3n) is 3.92. The molecule has 1 aromatic carbocycles. The van der Waals surface area contributed by atoms with Gasteiger partial charge in [0.05, 0.1) is 5.88 Å². The quantitative estimate of drug-likeness (QED) is 0.772. The maximum atomic E-state index is 12.9. The minimum atomic E-state index is -0.649. The first-order valence-corrected chi connectivity index (χ1v) is 10.0.